The van der Waals surface area contributed by atoms with Gasteiger partial charge in [0.2, 0.25) is 5.69 Å². The number of pyridine rings is 2. The molecule has 0 radical (unpaired) electrons. The van der Waals surface area contributed by atoms with E-state index in [1.165, 1.54) is 83.4 Å². The second-order valence-electron chi connectivity index (χ2n) is 15.8. The number of nitrogens with zero attached hydrogens (tertiary/aromatic N) is 3. The second kappa shape index (κ2) is 10.7. The van der Waals surface area contributed by atoms with Gasteiger partial charge in [0.15, 0.2) is 24.1 Å². The van der Waals surface area contributed by atoms with E-state index in [4.69, 9.17) is 4.74 Å². The monoisotopic (exact) mass is 633 g/mol. The van der Waals surface area contributed by atoms with Crippen LogP contribution in [0.15, 0.2) is 79.0 Å². The van der Waals surface area contributed by atoms with Crippen molar-refractivity contribution < 1.29 is 13.9 Å². The highest BCUT2D eigenvalue weighted by Crippen LogP contribution is 2.48. The third-order valence-electron chi connectivity index (χ3n) is 10.7. The zero-order valence-electron chi connectivity index (χ0n) is 30.0. The lowest BCUT2D eigenvalue weighted by Gasteiger charge is -2.29. The van der Waals surface area contributed by atoms with Gasteiger partial charge in [0.25, 0.3) is 5.65 Å². The standard InChI is InChI=1S/C44H47N3O/c1-27-16-14-20-32-37-33(43(2,3)4)26-34(44(5,6)7)41(48-9)38(37)42-45(8)40-31(17-10-11-22-36(40)47(42)39(27)32)28-18-15-19-30-29(28)23-25-46-24-13-12-21-35(30)46/h11-22,24,26H,10,23,25H2,1-9H3/q+2. The summed E-state index contributed by atoms with van der Waals surface area (Å²) in [4.78, 5) is 0. The molecular formula is C44H47N3O+2. The maximum atomic E-state index is 6.51. The van der Waals surface area contributed by atoms with E-state index in [0.717, 1.165) is 25.1 Å². The van der Waals surface area contributed by atoms with Crippen LogP contribution in [0.3, 0.4) is 0 Å². The summed E-state index contributed by atoms with van der Waals surface area (Å²) in [7, 11) is 4.12. The molecule has 8 rings (SSSR count). The maximum absolute atomic E-state index is 6.51. The molecule has 0 fully saturated rings. The number of hydrogen-bond donors (Lipinski definition) is 0. The number of para-hydroxylation sites is 1. The number of rotatable bonds is 2. The highest BCUT2D eigenvalue weighted by Gasteiger charge is 2.37. The van der Waals surface area contributed by atoms with Crippen LogP contribution in [0.1, 0.15) is 87.2 Å². The van der Waals surface area contributed by atoms with Crippen LogP contribution in [0, 0.1) is 6.92 Å². The van der Waals surface area contributed by atoms with E-state index < -0.39 is 0 Å². The van der Waals surface area contributed by atoms with E-state index in [2.05, 4.69) is 154 Å². The summed E-state index contributed by atoms with van der Waals surface area (Å²) in [6.45, 7) is 17.2. The van der Waals surface area contributed by atoms with Gasteiger partial charge in [0.05, 0.1) is 19.7 Å². The lowest BCUT2D eigenvalue weighted by Crippen LogP contribution is -2.40. The largest absolute Gasteiger partial charge is 0.495 e. The molecular weight excluding hydrogens is 587 g/mol. The van der Waals surface area contributed by atoms with Crippen molar-refractivity contribution in [3.8, 4) is 17.0 Å². The average Bonchev–Trinajstić information content (AvgIpc) is 3.18. The fraction of sp³-hybridized carbons (Fsp3) is 0.318. The Kier molecular flexibility index (Phi) is 6.80. The molecule has 0 amide bonds. The van der Waals surface area contributed by atoms with Crippen molar-refractivity contribution in [1.29, 1.82) is 0 Å². The third kappa shape index (κ3) is 4.34. The van der Waals surface area contributed by atoms with Crippen molar-refractivity contribution in [2.75, 3.05) is 7.11 Å². The number of allylic oxidation sites excluding steroid dienone is 2. The molecule has 3 aromatic carbocycles. The van der Waals surface area contributed by atoms with Crippen molar-refractivity contribution in [3.05, 3.63) is 118 Å². The summed E-state index contributed by atoms with van der Waals surface area (Å²) in [5.41, 5.74) is 15.3. The minimum atomic E-state index is -0.108. The molecule has 4 heteroatoms. The first-order valence-electron chi connectivity index (χ1n) is 17.4. The molecule has 0 atom stereocenters. The predicted octanol–water partition coefficient (Wildman–Crippen LogP) is 9.34. The molecule has 6 aromatic rings. The quantitative estimate of drug-likeness (QED) is 0.138. The number of ether oxygens (including phenoxy) is 1. The van der Waals surface area contributed by atoms with E-state index in [9.17, 15) is 0 Å². The molecule has 0 saturated heterocycles. The first-order chi connectivity index (χ1) is 22.9. The lowest BCUT2D eigenvalue weighted by molar-refractivity contribution is -0.687. The maximum Gasteiger partial charge on any atom is 0.299 e. The van der Waals surface area contributed by atoms with Gasteiger partial charge in [-0.25, -0.2) is 4.57 Å². The van der Waals surface area contributed by atoms with Crippen molar-refractivity contribution in [3.63, 3.8) is 0 Å². The van der Waals surface area contributed by atoms with Gasteiger partial charge in [-0.05, 0) is 64.6 Å². The minimum Gasteiger partial charge on any atom is -0.495 e. The molecule has 1 aliphatic heterocycles. The van der Waals surface area contributed by atoms with Gasteiger partial charge >= 0.3 is 0 Å². The summed E-state index contributed by atoms with van der Waals surface area (Å²) in [5.74, 6) is 0.974. The fourth-order valence-corrected chi connectivity index (χ4v) is 8.50. The fourth-order valence-electron chi connectivity index (χ4n) is 8.50. The van der Waals surface area contributed by atoms with E-state index in [1.54, 1.807) is 0 Å². The van der Waals surface area contributed by atoms with E-state index in [1.807, 2.05) is 7.11 Å². The van der Waals surface area contributed by atoms with Crippen LogP contribution >= 0.6 is 0 Å². The van der Waals surface area contributed by atoms with Gasteiger partial charge in [0.1, 0.15) is 16.7 Å². The van der Waals surface area contributed by atoms with Gasteiger partial charge in [0, 0.05) is 40.5 Å². The Bertz CT molecular complexity index is 2390. The molecule has 0 spiro atoms. The zero-order chi connectivity index (χ0) is 33.7. The first-order valence-corrected chi connectivity index (χ1v) is 17.4. The van der Waals surface area contributed by atoms with E-state index in [-0.39, 0.29) is 10.8 Å². The number of fused-ring (bicyclic) bond motifs is 11. The predicted molar refractivity (Wildman–Crippen MR) is 199 cm³/mol. The first kappa shape index (κ1) is 30.6. The Balaban J connectivity index is 1.57. The number of aromatic nitrogens is 3. The molecule has 2 aliphatic rings. The Morgan fingerprint density at radius 3 is 2.33 bits per heavy atom. The molecule has 0 N–H and O–H groups in total. The molecule has 4 heterocycles. The summed E-state index contributed by atoms with van der Waals surface area (Å²) < 4.78 is 13.9. The number of imidazole rings is 1. The second-order valence-corrected chi connectivity index (χ2v) is 15.8. The molecule has 0 bridgehead atoms. The van der Waals surface area contributed by atoms with Gasteiger partial charge < -0.3 is 4.74 Å². The molecule has 48 heavy (non-hydrogen) atoms. The SMILES string of the molecule is COc1c(C(C)(C)C)cc(C(C)(C)C)c2c3cccc(C)c3n3c4c([n+](C)c3c12)C(c1cccc2c1CC[n+]1ccccc1-2)=CCC=C4. The smallest absolute Gasteiger partial charge is 0.299 e. The summed E-state index contributed by atoms with van der Waals surface area (Å²) >= 11 is 0. The average molecular weight is 634 g/mol. The van der Waals surface area contributed by atoms with Gasteiger partial charge in [-0.15, -0.1) is 0 Å². The topological polar surface area (TPSA) is 21.4 Å². The highest BCUT2D eigenvalue weighted by atomic mass is 16.5. The van der Waals surface area contributed by atoms with Crippen LogP contribution in [0.4, 0.5) is 0 Å². The van der Waals surface area contributed by atoms with Crippen molar-refractivity contribution >= 4 is 39.0 Å². The zero-order valence-corrected chi connectivity index (χ0v) is 30.0. The molecule has 3 aromatic heterocycles. The molecule has 0 saturated carbocycles. The highest BCUT2D eigenvalue weighted by molar-refractivity contribution is 6.17. The van der Waals surface area contributed by atoms with Crippen LogP contribution in [0.25, 0.3) is 50.2 Å². The normalized spacial score (nSPS) is 14.6. The summed E-state index contributed by atoms with van der Waals surface area (Å²) in [5, 5.41) is 3.76. The number of hydrogen-bond acceptors (Lipinski definition) is 1. The van der Waals surface area contributed by atoms with Crippen LogP contribution in [-0.4, -0.2) is 11.5 Å². The number of methoxy groups -OCH3 is 1. The van der Waals surface area contributed by atoms with Crippen LogP contribution in [-0.2, 0) is 30.8 Å². The third-order valence-corrected chi connectivity index (χ3v) is 10.7. The summed E-state index contributed by atoms with van der Waals surface area (Å²) in [6, 6.07) is 22.7. The van der Waals surface area contributed by atoms with E-state index in [0.29, 0.717) is 0 Å². The Labute approximate surface area is 284 Å². The number of aryl methyl sites for hydroxylation is 3. The molecule has 1 aliphatic carbocycles. The Morgan fingerprint density at radius 1 is 0.833 bits per heavy atom. The van der Waals surface area contributed by atoms with Crippen molar-refractivity contribution in [1.82, 2.24) is 4.40 Å². The Morgan fingerprint density at radius 2 is 1.58 bits per heavy atom. The van der Waals surface area contributed by atoms with E-state index >= 15 is 0 Å². The van der Waals surface area contributed by atoms with Crippen molar-refractivity contribution in [2.45, 2.75) is 78.7 Å². The van der Waals surface area contributed by atoms with Crippen molar-refractivity contribution in [2.24, 2.45) is 7.05 Å². The van der Waals surface area contributed by atoms with Gasteiger partial charge in [-0.3, -0.25) is 0 Å². The van der Waals surface area contributed by atoms with Crippen LogP contribution in [0.2, 0.25) is 0 Å². The molecule has 4 nitrogen and oxygen atoms in total. The van der Waals surface area contributed by atoms with Gasteiger partial charge in [-0.2, -0.15) is 8.97 Å². The van der Waals surface area contributed by atoms with Crippen LogP contribution < -0.4 is 13.9 Å². The Hall–Kier alpha value is -4.70. The summed E-state index contributed by atoms with van der Waals surface area (Å²) in [6.07, 6.45) is 11.2. The lowest BCUT2D eigenvalue weighted by atomic mass is 9.76. The minimum absolute atomic E-state index is 0.0792. The molecule has 242 valence electrons. The van der Waals surface area contributed by atoms with Gasteiger partial charge in [-0.1, -0.05) is 90.1 Å². The number of benzene rings is 3. The van der Waals surface area contributed by atoms with Crippen LogP contribution in [0.5, 0.6) is 5.75 Å². The molecule has 0 unspecified atom stereocenters.